The van der Waals surface area contributed by atoms with E-state index in [1.54, 1.807) is 66.2 Å². The Morgan fingerprint density at radius 1 is 1.06 bits per heavy atom. The second-order valence-electron chi connectivity index (χ2n) is 12.2. The van der Waals surface area contributed by atoms with Crippen LogP contribution in [0, 0.1) is 9.52 Å². The molecule has 6 rings (SSSR count). The number of rotatable bonds is 12. The van der Waals surface area contributed by atoms with Crippen LogP contribution in [0.15, 0.2) is 72.8 Å². The third kappa shape index (κ3) is 8.58. The second-order valence-corrected chi connectivity index (χ2v) is 15.2. The molecule has 1 unspecified atom stereocenters. The van der Waals surface area contributed by atoms with Gasteiger partial charge in [-0.2, -0.15) is 18.3 Å². The van der Waals surface area contributed by atoms with Crippen molar-refractivity contribution in [2.75, 3.05) is 29.0 Å². The predicted octanol–water partition coefficient (Wildman–Crippen LogP) is 8.62. The topological polar surface area (TPSA) is 98.6 Å². The van der Waals surface area contributed by atoms with Crippen LogP contribution in [-0.4, -0.2) is 48.8 Å². The first-order valence-electron chi connectivity index (χ1n) is 16.4. The highest BCUT2D eigenvalue weighted by atomic mass is 127. The summed E-state index contributed by atoms with van der Waals surface area (Å²) in [5.41, 5.74) is 2.22. The molecule has 9 nitrogen and oxygen atoms in total. The van der Waals surface area contributed by atoms with E-state index in [1.807, 2.05) is 6.07 Å². The molecule has 1 atom stereocenters. The number of nitrogens with zero attached hydrogens (tertiary/aromatic N) is 4. The van der Waals surface area contributed by atoms with E-state index in [0.29, 0.717) is 38.9 Å². The first-order chi connectivity index (χ1) is 24.3. The van der Waals surface area contributed by atoms with Gasteiger partial charge < -0.3 is 14.8 Å². The summed E-state index contributed by atoms with van der Waals surface area (Å²) < 4.78 is 98.3. The molecular formula is C36H36F4IN5O4S. The highest BCUT2D eigenvalue weighted by Crippen LogP contribution is 2.39. The lowest BCUT2D eigenvalue weighted by molar-refractivity contribution is -0.127. The van der Waals surface area contributed by atoms with Gasteiger partial charge in [0.1, 0.15) is 16.1 Å². The van der Waals surface area contributed by atoms with E-state index in [9.17, 15) is 21.6 Å². The molecule has 51 heavy (non-hydrogen) atoms. The van der Waals surface area contributed by atoms with E-state index >= 15 is 4.39 Å². The summed E-state index contributed by atoms with van der Waals surface area (Å²) in [6, 6.07) is 19.7. The Labute approximate surface area is 307 Å². The average Bonchev–Trinajstić information content (AvgIpc) is 3.43. The Kier molecular flexibility index (Phi) is 11.1. The van der Waals surface area contributed by atoms with Crippen molar-refractivity contribution in [1.82, 2.24) is 14.8 Å². The van der Waals surface area contributed by atoms with E-state index in [4.69, 9.17) is 19.6 Å². The van der Waals surface area contributed by atoms with E-state index in [0.717, 1.165) is 36.8 Å². The van der Waals surface area contributed by atoms with Crippen molar-refractivity contribution in [3.63, 3.8) is 0 Å². The summed E-state index contributed by atoms with van der Waals surface area (Å²) in [4.78, 5) is 4.79. The molecule has 0 amide bonds. The maximum absolute atomic E-state index is 15.7. The summed E-state index contributed by atoms with van der Waals surface area (Å²) in [7, 11) is -3.59. The van der Waals surface area contributed by atoms with E-state index in [2.05, 4.69) is 27.9 Å². The summed E-state index contributed by atoms with van der Waals surface area (Å²) in [5, 5.41) is 8.66. The summed E-state index contributed by atoms with van der Waals surface area (Å²) >= 11 is 2.08. The Balaban J connectivity index is 1.47. The van der Waals surface area contributed by atoms with E-state index < -0.39 is 34.7 Å². The number of halogens is 5. The molecule has 1 aliphatic heterocycles. The number of nitrogens with one attached hydrogen (secondary N) is 1. The smallest absolute Gasteiger partial charge is 0.393 e. The molecule has 1 fully saturated rings. The number of anilines is 2. The zero-order chi connectivity index (χ0) is 36.3. The standard InChI is InChI=1S/C36H36F4IN5O4S/c1-3-45(51(2,47)48)29-14-8-7-13-24(29)21-42-35-33-30(46(44-34(33)41)32-15-9-10-16-49-32)19-28(43-35)26-18-27(37)31(17-25(26)20-36(38,39)40)50-22-23-11-5-4-6-12-23/h4-8,11-14,17-19,32H,3,9-10,15-16,20-22H2,1-2H3,(H,42,43). The van der Waals surface area contributed by atoms with Crippen LogP contribution in [0.1, 0.15) is 49.1 Å². The number of para-hydroxylation sites is 1. The Morgan fingerprint density at radius 3 is 2.49 bits per heavy atom. The lowest BCUT2D eigenvalue weighted by Crippen LogP contribution is -2.30. The molecule has 0 radical (unpaired) electrons. The number of pyridine rings is 1. The van der Waals surface area contributed by atoms with Gasteiger partial charge in [-0.05, 0) is 89.7 Å². The van der Waals surface area contributed by atoms with Crippen molar-refractivity contribution >= 4 is 55.0 Å². The van der Waals surface area contributed by atoms with Crippen LogP contribution >= 0.6 is 22.6 Å². The molecule has 0 bridgehead atoms. The number of sulfonamides is 1. The number of benzene rings is 3. The van der Waals surface area contributed by atoms with Gasteiger partial charge in [0.25, 0.3) is 0 Å². The highest BCUT2D eigenvalue weighted by Gasteiger charge is 2.31. The molecule has 5 aromatic rings. The molecule has 0 aliphatic carbocycles. The van der Waals surface area contributed by atoms with Crippen molar-refractivity contribution in [1.29, 1.82) is 0 Å². The third-order valence-corrected chi connectivity index (χ3v) is 10.5. The van der Waals surface area contributed by atoms with Gasteiger partial charge in [0.2, 0.25) is 10.0 Å². The van der Waals surface area contributed by atoms with Gasteiger partial charge in [-0.15, -0.1) is 0 Å². The number of ether oxygens (including phenoxy) is 2. The van der Waals surface area contributed by atoms with Crippen molar-refractivity contribution in [3.05, 3.63) is 99.0 Å². The zero-order valence-corrected chi connectivity index (χ0v) is 30.9. The Morgan fingerprint density at radius 2 is 1.80 bits per heavy atom. The van der Waals surface area contributed by atoms with Crippen LogP contribution < -0.4 is 14.4 Å². The second kappa shape index (κ2) is 15.3. The average molecular weight is 838 g/mol. The van der Waals surface area contributed by atoms with Crippen LogP contribution in [-0.2, 0) is 34.3 Å². The molecule has 0 spiro atoms. The lowest BCUT2D eigenvalue weighted by Gasteiger charge is -2.24. The third-order valence-electron chi connectivity index (χ3n) is 8.53. The number of hydrogen-bond donors (Lipinski definition) is 1. The molecular weight excluding hydrogens is 801 g/mol. The fraction of sp³-hybridized carbons (Fsp3) is 0.333. The van der Waals surface area contributed by atoms with Gasteiger partial charge in [-0.1, -0.05) is 48.5 Å². The minimum atomic E-state index is -4.62. The van der Waals surface area contributed by atoms with Gasteiger partial charge in [-0.25, -0.2) is 22.5 Å². The first kappa shape index (κ1) is 36.8. The van der Waals surface area contributed by atoms with E-state index in [-0.39, 0.29) is 48.1 Å². The summed E-state index contributed by atoms with van der Waals surface area (Å²) in [6.07, 6.45) is -2.76. The summed E-state index contributed by atoms with van der Waals surface area (Å²) in [6.45, 7) is 2.56. The quantitative estimate of drug-likeness (QED) is 0.0993. The number of fused-ring (bicyclic) bond motifs is 1. The van der Waals surface area contributed by atoms with Gasteiger partial charge in [0.15, 0.2) is 17.8 Å². The fourth-order valence-electron chi connectivity index (χ4n) is 6.22. The molecule has 1 aliphatic rings. The Bertz CT molecular complexity index is 2120. The van der Waals surface area contributed by atoms with Crippen LogP contribution in [0.4, 0.5) is 29.1 Å². The van der Waals surface area contributed by atoms with Crippen LogP contribution in [0.3, 0.4) is 0 Å². The molecule has 0 saturated carbocycles. The van der Waals surface area contributed by atoms with Crippen LogP contribution in [0.5, 0.6) is 5.75 Å². The minimum Gasteiger partial charge on any atom is -0.486 e. The number of alkyl halides is 3. The van der Waals surface area contributed by atoms with Crippen molar-refractivity contribution in [3.8, 4) is 17.0 Å². The molecule has 3 aromatic carbocycles. The van der Waals surface area contributed by atoms with Crippen molar-refractivity contribution in [2.24, 2.45) is 0 Å². The van der Waals surface area contributed by atoms with Gasteiger partial charge in [-0.3, -0.25) is 4.31 Å². The number of hydrogen-bond acceptors (Lipinski definition) is 7. The molecule has 2 aromatic heterocycles. The van der Waals surface area contributed by atoms with Crippen molar-refractivity contribution in [2.45, 2.75) is 58.2 Å². The van der Waals surface area contributed by atoms with Gasteiger partial charge in [0, 0.05) is 25.3 Å². The van der Waals surface area contributed by atoms with Gasteiger partial charge >= 0.3 is 6.18 Å². The molecule has 15 heteroatoms. The maximum Gasteiger partial charge on any atom is 0.393 e. The largest absolute Gasteiger partial charge is 0.486 e. The van der Waals surface area contributed by atoms with Crippen LogP contribution in [0.2, 0.25) is 0 Å². The maximum atomic E-state index is 15.7. The zero-order valence-electron chi connectivity index (χ0n) is 27.9. The monoisotopic (exact) mass is 837 g/mol. The fourth-order valence-corrected chi connectivity index (χ4v) is 7.99. The molecule has 270 valence electrons. The molecule has 1 saturated heterocycles. The predicted molar refractivity (Wildman–Crippen MR) is 197 cm³/mol. The first-order valence-corrected chi connectivity index (χ1v) is 19.3. The highest BCUT2D eigenvalue weighted by molar-refractivity contribution is 14.1. The molecule has 1 N–H and O–H groups in total. The van der Waals surface area contributed by atoms with Gasteiger partial charge in [0.05, 0.1) is 35.0 Å². The van der Waals surface area contributed by atoms with E-state index in [1.165, 1.54) is 4.31 Å². The minimum absolute atomic E-state index is 0.0316. The SMILES string of the molecule is CCN(c1ccccc1CNc1nc(-c2cc(F)c(OCc3ccccc3)cc2CC(F)(F)F)cc2c1c(I)nn2C1CCCCO1)S(C)(=O)=O. The lowest BCUT2D eigenvalue weighted by atomic mass is 9.99. The molecule has 3 heterocycles. The number of aromatic nitrogens is 3. The summed E-state index contributed by atoms with van der Waals surface area (Å²) in [5.74, 6) is -0.857. The van der Waals surface area contributed by atoms with Crippen LogP contribution in [0.25, 0.3) is 22.2 Å². The van der Waals surface area contributed by atoms with Crippen molar-refractivity contribution < 1.29 is 35.5 Å². The normalized spacial score (nSPS) is 15.2. The Hall–Kier alpha value is -3.96.